The van der Waals surface area contributed by atoms with Gasteiger partial charge in [-0.1, -0.05) is 0 Å². The SMILES string of the molecule is C[C@@]1(n2cccc2)CCOC1=O. The van der Waals surface area contributed by atoms with Crippen LogP contribution in [0.3, 0.4) is 0 Å². The number of hydrogen-bond acceptors (Lipinski definition) is 2. The quantitative estimate of drug-likeness (QED) is 0.584. The van der Waals surface area contributed by atoms with E-state index in [1.165, 1.54) is 0 Å². The van der Waals surface area contributed by atoms with Gasteiger partial charge in [-0.25, -0.2) is 4.79 Å². The minimum absolute atomic E-state index is 0.126. The van der Waals surface area contributed by atoms with Gasteiger partial charge in [0.25, 0.3) is 0 Å². The molecule has 0 aromatic carbocycles. The predicted molar refractivity (Wildman–Crippen MR) is 43.7 cm³/mol. The van der Waals surface area contributed by atoms with Gasteiger partial charge in [-0.05, 0) is 19.1 Å². The molecular formula is C9H11NO2. The number of hydrogen-bond donors (Lipinski definition) is 0. The van der Waals surface area contributed by atoms with Crippen molar-refractivity contribution in [1.82, 2.24) is 4.57 Å². The second-order valence-electron chi connectivity index (χ2n) is 3.25. The van der Waals surface area contributed by atoms with Crippen molar-refractivity contribution in [3.05, 3.63) is 24.5 Å². The van der Waals surface area contributed by atoms with Crippen molar-refractivity contribution in [2.24, 2.45) is 0 Å². The van der Waals surface area contributed by atoms with Gasteiger partial charge in [0, 0.05) is 18.8 Å². The van der Waals surface area contributed by atoms with Crippen LogP contribution < -0.4 is 0 Å². The summed E-state index contributed by atoms with van der Waals surface area (Å²) in [5, 5.41) is 0. The number of ether oxygens (including phenoxy) is 1. The number of carbonyl (C=O) groups excluding carboxylic acids is 1. The fraction of sp³-hybridized carbons (Fsp3) is 0.444. The lowest BCUT2D eigenvalue weighted by Gasteiger charge is -2.20. The summed E-state index contributed by atoms with van der Waals surface area (Å²) < 4.78 is 6.84. The number of rotatable bonds is 1. The molecule has 1 atom stereocenters. The van der Waals surface area contributed by atoms with E-state index in [1.807, 2.05) is 36.0 Å². The largest absolute Gasteiger partial charge is 0.464 e. The molecular weight excluding hydrogens is 154 g/mol. The normalized spacial score (nSPS) is 28.9. The van der Waals surface area contributed by atoms with E-state index in [9.17, 15) is 4.79 Å². The molecule has 64 valence electrons. The third-order valence-corrected chi connectivity index (χ3v) is 2.44. The van der Waals surface area contributed by atoms with Crippen LogP contribution in [0.4, 0.5) is 0 Å². The number of esters is 1. The van der Waals surface area contributed by atoms with Crippen molar-refractivity contribution in [2.45, 2.75) is 18.9 Å². The molecule has 0 bridgehead atoms. The molecule has 1 aromatic heterocycles. The first-order valence-electron chi connectivity index (χ1n) is 4.04. The second kappa shape index (κ2) is 2.37. The van der Waals surface area contributed by atoms with Crippen molar-refractivity contribution >= 4 is 5.97 Å². The zero-order valence-corrected chi connectivity index (χ0v) is 6.99. The van der Waals surface area contributed by atoms with E-state index < -0.39 is 5.54 Å². The highest BCUT2D eigenvalue weighted by Gasteiger charge is 2.40. The number of nitrogens with zero attached hydrogens (tertiary/aromatic N) is 1. The fourth-order valence-electron chi connectivity index (χ4n) is 1.50. The van der Waals surface area contributed by atoms with Crippen LogP contribution in [0.5, 0.6) is 0 Å². The lowest BCUT2D eigenvalue weighted by molar-refractivity contribution is -0.144. The topological polar surface area (TPSA) is 31.2 Å². The Bertz CT molecular complexity index is 291. The Balaban J connectivity index is 2.38. The Labute approximate surface area is 70.9 Å². The van der Waals surface area contributed by atoms with Crippen molar-refractivity contribution in [3.8, 4) is 0 Å². The van der Waals surface area contributed by atoms with Gasteiger partial charge in [-0.15, -0.1) is 0 Å². The smallest absolute Gasteiger partial charge is 0.332 e. The molecule has 3 nitrogen and oxygen atoms in total. The van der Waals surface area contributed by atoms with Crippen LogP contribution in [0, 0.1) is 0 Å². The van der Waals surface area contributed by atoms with E-state index in [1.54, 1.807) is 0 Å². The third kappa shape index (κ3) is 0.858. The number of aromatic nitrogens is 1. The number of cyclic esters (lactones) is 1. The van der Waals surface area contributed by atoms with E-state index in [0.717, 1.165) is 6.42 Å². The zero-order chi connectivity index (χ0) is 8.60. The molecule has 2 heterocycles. The molecule has 0 amide bonds. The Morgan fingerprint density at radius 3 is 2.67 bits per heavy atom. The molecule has 1 saturated heterocycles. The molecule has 1 aromatic rings. The van der Waals surface area contributed by atoms with Gasteiger partial charge < -0.3 is 9.30 Å². The van der Waals surface area contributed by atoms with Gasteiger partial charge in [0.2, 0.25) is 0 Å². The maximum atomic E-state index is 11.4. The Morgan fingerprint density at radius 2 is 2.17 bits per heavy atom. The molecule has 1 aliphatic heterocycles. The van der Waals surface area contributed by atoms with Crippen LogP contribution in [0.1, 0.15) is 13.3 Å². The highest BCUT2D eigenvalue weighted by atomic mass is 16.5. The van der Waals surface area contributed by atoms with Crippen molar-refractivity contribution < 1.29 is 9.53 Å². The molecule has 0 radical (unpaired) electrons. The maximum Gasteiger partial charge on any atom is 0.332 e. The summed E-state index contributed by atoms with van der Waals surface area (Å²) in [7, 11) is 0. The van der Waals surface area contributed by atoms with Gasteiger partial charge in [0.05, 0.1) is 6.61 Å². The van der Waals surface area contributed by atoms with Crippen LogP contribution in [0.2, 0.25) is 0 Å². The third-order valence-electron chi connectivity index (χ3n) is 2.44. The first kappa shape index (κ1) is 7.40. The summed E-state index contributed by atoms with van der Waals surface area (Å²) >= 11 is 0. The first-order valence-corrected chi connectivity index (χ1v) is 4.04. The number of carbonyl (C=O) groups is 1. The van der Waals surface area contributed by atoms with Crippen molar-refractivity contribution in [3.63, 3.8) is 0 Å². The molecule has 3 heteroatoms. The maximum absolute atomic E-state index is 11.4. The highest BCUT2D eigenvalue weighted by Crippen LogP contribution is 2.27. The molecule has 12 heavy (non-hydrogen) atoms. The minimum atomic E-state index is -0.469. The summed E-state index contributed by atoms with van der Waals surface area (Å²) in [5.74, 6) is -0.126. The summed E-state index contributed by atoms with van der Waals surface area (Å²) in [6.45, 7) is 2.44. The lowest BCUT2D eigenvalue weighted by atomic mass is 10.0. The second-order valence-corrected chi connectivity index (χ2v) is 3.25. The van der Waals surface area contributed by atoms with E-state index in [-0.39, 0.29) is 5.97 Å². The first-order chi connectivity index (χ1) is 5.73. The van der Waals surface area contributed by atoms with Gasteiger partial charge in [-0.2, -0.15) is 0 Å². The molecule has 1 fully saturated rings. The zero-order valence-electron chi connectivity index (χ0n) is 6.99. The van der Waals surface area contributed by atoms with Gasteiger partial charge in [0.1, 0.15) is 5.54 Å². The summed E-state index contributed by atoms with van der Waals surface area (Å²) in [6.07, 6.45) is 4.56. The molecule has 2 rings (SSSR count). The molecule has 1 aliphatic rings. The fourth-order valence-corrected chi connectivity index (χ4v) is 1.50. The minimum Gasteiger partial charge on any atom is -0.464 e. The lowest BCUT2D eigenvalue weighted by Crippen LogP contribution is -2.33. The molecule has 0 aliphatic carbocycles. The van der Waals surface area contributed by atoms with Gasteiger partial charge >= 0.3 is 5.97 Å². The van der Waals surface area contributed by atoms with Crippen LogP contribution in [-0.2, 0) is 15.1 Å². The summed E-state index contributed by atoms with van der Waals surface area (Å²) in [6, 6.07) is 3.83. The monoisotopic (exact) mass is 165 g/mol. The van der Waals surface area contributed by atoms with E-state index in [4.69, 9.17) is 4.74 Å². The van der Waals surface area contributed by atoms with Gasteiger partial charge in [0.15, 0.2) is 0 Å². The van der Waals surface area contributed by atoms with Crippen LogP contribution >= 0.6 is 0 Å². The molecule has 0 unspecified atom stereocenters. The standard InChI is InChI=1S/C9H11NO2/c1-9(4-7-12-8(9)11)10-5-2-3-6-10/h2-3,5-6H,4,7H2,1H3/t9-/m1/s1. The average Bonchev–Trinajstić information content (AvgIpc) is 2.62. The van der Waals surface area contributed by atoms with Crippen LogP contribution in [0.25, 0.3) is 0 Å². The summed E-state index contributed by atoms with van der Waals surface area (Å²) in [5.41, 5.74) is -0.469. The van der Waals surface area contributed by atoms with E-state index in [0.29, 0.717) is 6.61 Å². The molecule has 0 spiro atoms. The van der Waals surface area contributed by atoms with E-state index >= 15 is 0 Å². The predicted octanol–water partition coefficient (Wildman–Crippen LogP) is 1.15. The van der Waals surface area contributed by atoms with Gasteiger partial charge in [-0.3, -0.25) is 0 Å². The average molecular weight is 165 g/mol. The molecule has 0 N–H and O–H groups in total. The van der Waals surface area contributed by atoms with E-state index in [2.05, 4.69) is 0 Å². The highest BCUT2D eigenvalue weighted by molar-refractivity contribution is 5.80. The Kier molecular flexibility index (Phi) is 1.46. The van der Waals surface area contributed by atoms with Crippen molar-refractivity contribution in [1.29, 1.82) is 0 Å². The molecule has 0 saturated carbocycles. The van der Waals surface area contributed by atoms with Crippen molar-refractivity contribution in [2.75, 3.05) is 6.61 Å². The Hall–Kier alpha value is -1.25. The summed E-state index contributed by atoms with van der Waals surface area (Å²) in [4.78, 5) is 11.4. The van der Waals surface area contributed by atoms with Crippen LogP contribution in [-0.4, -0.2) is 17.1 Å². The van der Waals surface area contributed by atoms with Crippen LogP contribution in [0.15, 0.2) is 24.5 Å². The Morgan fingerprint density at radius 1 is 1.50 bits per heavy atom.